The molecule has 1 amide bonds. The quantitative estimate of drug-likeness (QED) is 0.762. The number of morpholine rings is 1. The van der Waals surface area contributed by atoms with E-state index in [-0.39, 0.29) is 30.0 Å². The van der Waals surface area contributed by atoms with Crippen LogP contribution in [0.3, 0.4) is 0 Å². The number of carbonyl (C=O) groups is 1. The van der Waals surface area contributed by atoms with Crippen molar-refractivity contribution in [2.75, 3.05) is 37.7 Å². The zero-order valence-corrected chi connectivity index (χ0v) is 17.5. The minimum absolute atomic E-state index is 0.0825. The van der Waals surface area contributed by atoms with Crippen molar-refractivity contribution >= 4 is 11.9 Å². The predicted octanol–water partition coefficient (Wildman–Crippen LogP) is 1.93. The summed E-state index contributed by atoms with van der Waals surface area (Å²) in [6.45, 7) is 8.14. The Morgan fingerprint density at radius 3 is 2.90 bits per heavy atom. The van der Waals surface area contributed by atoms with Crippen LogP contribution in [0.15, 0.2) is 29.0 Å². The van der Waals surface area contributed by atoms with E-state index in [0.717, 1.165) is 36.7 Å². The molecule has 0 aromatic carbocycles. The van der Waals surface area contributed by atoms with E-state index in [9.17, 15) is 4.79 Å². The van der Waals surface area contributed by atoms with Crippen LogP contribution in [0.5, 0.6) is 0 Å². The SMILES string of the molecule is C[C@H]1CN(c2ncc3c(n2)[C@]2(CCN(C(=O)Cc4ccco4)C2)COC3)C[C@H](C)O1. The van der Waals surface area contributed by atoms with Gasteiger partial charge in [0.1, 0.15) is 5.76 Å². The highest BCUT2D eigenvalue weighted by atomic mass is 16.5. The van der Waals surface area contributed by atoms with Crippen LogP contribution in [-0.4, -0.2) is 65.8 Å². The van der Waals surface area contributed by atoms with Crippen LogP contribution < -0.4 is 4.90 Å². The first kappa shape index (κ1) is 19.5. The first-order chi connectivity index (χ1) is 14.5. The molecule has 8 nitrogen and oxygen atoms in total. The zero-order valence-electron chi connectivity index (χ0n) is 17.5. The lowest BCUT2D eigenvalue weighted by Crippen LogP contribution is -2.47. The van der Waals surface area contributed by atoms with Crippen LogP contribution in [0.2, 0.25) is 0 Å². The Labute approximate surface area is 176 Å². The number of hydrogen-bond donors (Lipinski definition) is 0. The lowest BCUT2D eigenvalue weighted by atomic mass is 9.80. The van der Waals surface area contributed by atoms with Gasteiger partial charge in [-0.2, -0.15) is 0 Å². The molecule has 2 aromatic rings. The third-order valence-electron chi connectivity index (χ3n) is 6.30. The maximum absolute atomic E-state index is 12.8. The number of amides is 1. The Morgan fingerprint density at radius 1 is 1.30 bits per heavy atom. The van der Waals surface area contributed by atoms with Crippen LogP contribution in [0.4, 0.5) is 5.95 Å². The standard InChI is InChI=1S/C22H28N4O4/c1-15-10-26(11-16(2)30-15)21-23-9-17-12-28-14-22(20(17)24-21)5-6-25(13-22)19(27)8-18-4-3-7-29-18/h3-4,7,9,15-16H,5-6,8,10-14H2,1-2H3/t15-,16-,22-/m0/s1. The molecule has 8 heteroatoms. The van der Waals surface area contributed by atoms with Gasteiger partial charge in [0.05, 0.1) is 49.2 Å². The summed E-state index contributed by atoms with van der Waals surface area (Å²) < 4.78 is 17.1. The molecule has 5 heterocycles. The number of likely N-dealkylation sites (tertiary alicyclic amines) is 1. The molecule has 2 aromatic heterocycles. The van der Waals surface area contributed by atoms with Gasteiger partial charge in [-0.3, -0.25) is 4.79 Å². The molecular formula is C22H28N4O4. The number of furan rings is 1. The summed E-state index contributed by atoms with van der Waals surface area (Å²) in [6.07, 6.45) is 4.92. The number of aromatic nitrogens is 2. The Hall–Kier alpha value is -2.45. The van der Waals surface area contributed by atoms with Gasteiger partial charge in [0.25, 0.3) is 0 Å². The van der Waals surface area contributed by atoms with Crippen molar-refractivity contribution in [1.82, 2.24) is 14.9 Å². The fourth-order valence-corrected chi connectivity index (χ4v) is 4.95. The van der Waals surface area contributed by atoms with Crippen molar-refractivity contribution in [1.29, 1.82) is 0 Å². The van der Waals surface area contributed by atoms with Crippen LogP contribution in [0.25, 0.3) is 0 Å². The van der Waals surface area contributed by atoms with E-state index in [4.69, 9.17) is 18.9 Å². The molecule has 5 rings (SSSR count). The highest BCUT2D eigenvalue weighted by Crippen LogP contribution is 2.39. The smallest absolute Gasteiger partial charge is 0.230 e. The van der Waals surface area contributed by atoms with Gasteiger partial charge >= 0.3 is 0 Å². The maximum atomic E-state index is 12.8. The van der Waals surface area contributed by atoms with Crippen molar-refractivity contribution < 1.29 is 18.7 Å². The van der Waals surface area contributed by atoms with E-state index in [1.165, 1.54) is 0 Å². The molecule has 3 aliphatic heterocycles. The fourth-order valence-electron chi connectivity index (χ4n) is 4.95. The van der Waals surface area contributed by atoms with Gasteiger partial charge in [0, 0.05) is 37.9 Å². The van der Waals surface area contributed by atoms with E-state index in [1.807, 2.05) is 23.2 Å². The predicted molar refractivity (Wildman–Crippen MR) is 109 cm³/mol. The summed E-state index contributed by atoms with van der Waals surface area (Å²) in [6, 6.07) is 3.65. The Bertz CT molecular complexity index is 908. The van der Waals surface area contributed by atoms with Crippen molar-refractivity contribution in [2.24, 2.45) is 0 Å². The average molecular weight is 412 g/mol. The molecule has 2 fully saturated rings. The lowest BCUT2D eigenvalue weighted by Gasteiger charge is -2.38. The molecule has 3 aliphatic rings. The number of carbonyl (C=O) groups excluding carboxylic acids is 1. The lowest BCUT2D eigenvalue weighted by molar-refractivity contribution is -0.130. The summed E-state index contributed by atoms with van der Waals surface area (Å²) in [5.41, 5.74) is 1.80. The fraction of sp³-hybridized carbons (Fsp3) is 0.591. The van der Waals surface area contributed by atoms with E-state index < -0.39 is 0 Å². The molecule has 0 aliphatic carbocycles. The second kappa shape index (κ2) is 7.67. The van der Waals surface area contributed by atoms with Gasteiger partial charge in [-0.15, -0.1) is 0 Å². The third-order valence-corrected chi connectivity index (χ3v) is 6.30. The Morgan fingerprint density at radius 2 is 2.13 bits per heavy atom. The van der Waals surface area contributed by atoms with Crippen molar-refractivity contribution in [3.63, 3.8) is 0 Å². The van der Waals surface area contributed by atoms with Crippen molar-refractivity contribution in [3.05, 3.63) is 41.6 Å². The first-order valence-corrected chi connectivity index (χ1v) is 10.7. The topological polar surface area (TPSA) is 80.9 Å². The Balaban J connectivity index is 1.38. The van der Waals surface area contributed by atoms with E-state index in [1.54, 1.807) is 6.26 Å². The van der Waals surface area contributed by atoms with E-state index in [2.05, 4.69) is 23.7 Å². The van der Waals surface area contributed by atoms with Gasteiger partial charge < -0.3 is 23.7 Å². The minimum atomic E-state index is -0.270. The van der Waals surface area contributed by atoms with Gasteiger partial charge in [-0.25, -0.2) is 9.97 Å². The number of anilines is 1. The summed E-state index contributed by atoms with van der Waals surface area (Å²) in [7, 11) is 0. The number of ether oxygens (including phenoxy) is 2. The number of rotatable bonds is 3. The molecule has 0 bridgehead atoms. The second-order valence-electron chi connectivity index (χ2n) is 8.80. The van der Waals surface area contributed by atoms with Crippen LogP contribution in [0.1, 0.15) is 37.3 Å². The molecule has 0 saturated carbocycles. The molecule has 2 saturated heterocycles. The highest BCUT2D eigenvalue weighted by Gasteiger charge is 2.46. The number of nitrogens with zero attached hydrogens (tertiary/aromatic N) is 4. The number of hydrogen-bond acceptors (Lipinski definition) is 7. The normalized spacial score (nSPS) is 28.7. The zero-order chi connectivity index (χ0) is 20.7. The Kier molecular flexibility index (Phi) is 4.99. The molecule has 0 radical (unpaired) electrons. The monoisotopic (exact) mass is 412 g/mol. The largest absolute Gasteiger partial charge is 0.469 e. The van der Waals surface area contributed by atoms with E-state index in [0.29, 0.717) is 32.1 Å². The van der Waals surface area contributed by atoms with Gasteiger partial charge in [0.2, 0.25) is 11.9 Å². The number of fused-ring (bicyclic) bond motifs is 2. The average Bonchev–Trinajstić information content (AvgIpc) is 3.38. The summed E-state index contributed by atoms with van der Waals surface area (Å²) in [5, 5.41) is 0. The molecule has 3 atom stereocenters. The van der Waals surface area contributed by atoms with Crippen LogP contribution in [-0.2, 0) is 32.7 Å². The van der Waals surface area contributed by atoms with Crippen molar-refractivity contribution in [3.8, 4) is 0 Å². The van der Waals surface area contributed by atoms with Crippen molar-refractivity contribution in [2.45, 2.75) is 50.9 Å². The second-order valence-corrected chi connectivity index (χ2v) is 8.80. The summed E-state index contributed by atoms with van der Waals surface area (Å²) in [5.74, 6) is 1.53. The molecule has 1 spiro atoms. The summed E-state index contributed by atoms with van der Waals surface area (Å²) in [4.78, 5) is 26.6. The molecular weight excluding hydrogens is 384 g/mol. The highest BCUT2D eigenvalue weighted by molar-refractivity contribution is 5.78. The first-order valence-electron chi connectivity index (χ1n) is 10.7. The van der Waals surface area contributed by atoms with Crippen LogP contribution >= 0.6 is 0 Å². The van der Waals surface area contributed by atoms with Gasteiger partial charge in [-0.05, 0) is 32.4 Å². The maximum Gasteiger partial charge on any atom is 0.230 e. The summed E-state index contributed by atoms with van der Waals surface area (Å²) >= 11 is 0. The van der Waals surface area contributed by atoms with E-state index >= 15 is 0 Å². The molecule has 0 N–H and O–H groups in total. The third kappa shape index (κ3) is 3.58. The van der Waals surface area contributed by atoms with Gasteiger partial charge in [0.15, 0.2) is 0 Å². The molecule has 160 valence electrons. The molecule has 0 unspecified atom stereocenters. The van der Waals surface area contributed by atoms with Gasteiger partial charge in [-0.1, -0.05) is 0 Å². The molecule has 30 heavy (non-hydrogen) atoms. The van der Waals surface area contributed by atoms with Crippen LogP contribution in [0, 0.1) is 0 Å². The minimum Gasteiger partial charge on any atom is -0.469 e.